The molecule has 1 unspecified atom stereocenters. The van der Waals surface area contributed by atoms with Gasteiger partial charge in [0.05, 0.1) is 23.6 Å². The van der Waals surface area contributed by atoms with Crippen molar-refractivity contribution in [3.63, 3.8) is 0 Å². The highest BCUT2D eigenvalue weighted by Crippen LogP contribution is 2.40. The molecule has 0 fully saturated rings. The van der Waals surface area contributed by atoms with Crippen LogP contribution in [0.1, 0.15) is 39.5 Å². The number of phenols is 1. The van der Waals surface area contributed by atoms with Gasteiger partial charge in [-0.3, -0.25) is 0 Å². The minimum atomic E-state index is 0.107. The van der Waals surface area contributed by atoms with Gasteiger partial charge >= 0.3 is 0 Å². The Labute approximate surface area is 258 Å². The van der Waals surface area contributed by atoms with Crippen LogP contribution in [0, 0.1) is 5.92 Å². The second kappa shape index (κ2) is 12.0. The van der Waals surface area contributed by atoms with E-state index < -0.39 is 0 Å². The van der Waals surface area contributed by atoms with E-state index in [-0.39, 0.29) is 5.75 Å². The van der Waals surface area contributed by atoms with Crippen LogP contribution < -0.4 is 4.74 Å². The standard InChI is InChI=1S/C40H36N2O2/c1-3-5-10-26(4-2)25-44-31-19-22-34(37(43)23-31)40-41-35(27-11-7-6-8-12-27)24-36(42-40)32-20-17-30-16-15-28-13-9-14-29-18-21-33(32)39(30)38(28)29/h6-9,11-24,26,43H,3-5,10,25H2,1-2H3. The normalized spacial score (nSPS) is 12.3. The highest BCUT2D eigenvalue weighted by molar-refractivity contribution is 6.25. The summed E-state index contributed by atoms with van der Waals surface area (Å²) >= 11 is 0. The van der Waals surface area contributed by atoms with Crippen LogP contribution in [-0.4, -0.2) is 21.7 Å². The van der Waals surface area contributed by atoms with Gasteiger partial charge in [0, 0.05) is 17.2 Å². The first kappa shape index (κ1) is 27.8. The summed E-state index contributed by atoms with van der Waals surface area (Å²) in [4.78, 5) is 10.0. The summed E-state index contributed by atoms with van der Waals surface area (Å²) in [6.07, 6.45) is 4.62. The smallest absolute Gasteiger partial charge is 0.164 e. The van der Waals surface area contributed by atoms with Crippen LogP contribution in [0.25, 0.3) is 66.2 Å². The maximum Gasteiger partial charge on any atom is 0.164 e. The van der Waals surface area contributed by atoms with Crippen LogP contribution >= 0.6 is 0 Å². The van der Waals surface area contributed by atoms with Gasteiger partial charge < -0.3 is 9.84 Å². The van der Waals surface area contributed by atoms with E-state index in [1.807, 2.05) is 30.3 Å². The Morgan fingerprint density at radius 2 is 1.39 bits per heavy atom. The van der Waals surface area contributed by atoms with Gasteiger partial charge in [0.2, 0.25) is 0 Å². The summed E-state index contributed by atoms with van der Waals surface area (Å²) in [6.45, 7) is 5.07. The lowest BCUT2D eigenvalue weighted by Crippen LogP contribution is -2.11. The number of rotatable bonds is 10. The SMILES string of the molecule is CCCCC(CC)COc1ccc(-c2nc(-c3ccccc3)cc(-c3ccc4ccc5cccc6ccc3c4c56)n2)c(O)c1. The average molecular weight is 577 g/mol. The zero-order chi connectivity index (χ0) is 30.0. The Hall–Kier alpha value is -4.96. The number of benzene rings is 6. The molecule has 44 heavy (non-hydrogen) atoms. The third-order valence-corrected chi connectivity index (χ3v) is 8.84. The first-order valence-electron chi connectivity index (χ1n) is 15.7. The molecule has 1 atom stereocenters. The van der Waals surface area contributed by atoms with Crippen LogP contribution in [0.4, 0.5) is 0 Å². The van der Waals surface area contributed by atoms with E-state index in [0.717, 1.165) is 40.7 Å². The molecular weight excluding hydrogens is 540 g/mol. The Bertz CT molecular complexity index is 2050. The zero-order valence-corrected chi connectivity index (χ0v) is 25.3. The summed E-state index contributed by atoms with van der Waals surface area (Å²) in [7, 11) is 0. The second-order valence-corrected chi connectivity index (χ2v) is 11.7. The molecule has 4 heteroatoms. The van der Waals surface area contributed by atoms with Gasteiger partial charge in [-0.1, -0.05) is 118 Å². The highest BCUT2D eigenvalue weighted by Gasteiger charge is 2.18. The van der Waals surface area contributed by atoms with E-state index in [4.69, 9.17) is 14.7 Å². The van der Waals surface area contributed by atoms with E-state index in [9.17, 15) is 5.11 Å². The van der Waals surface area contributed by atoms with Crippen molar-refractivity contribution >= 4 is 32.3 Å². The van der Waals surface area contributed by atoms with E-state index in [1.165, 1.54) is 39.8 Å². The monoisotopic (exact) mass is 576 g/mol. The van der Waals surface area contributed by atoms with Gasteiger partial charge in [0.15, 0.2) is 5.82 Å². The van der Waals surface area contributed by atoms with E-state index in [2.05, 4.69) is 86.6 Å². The van der Waals surface area contributed by atoms with Crippen molar-refractivity contribution in [1.82, 2.24) is 9.97 Å². The van der Waals surface area contributed by atoms with Crippen molar-refractivity contribution in [2.24, 2.45) is 5.92 Å². The Balaban J connectivity index is 1.33. The molecule has 4 nitrogen and oxygen atoms in total. The van der Waals surface area contributed by atoms with E-state index in [1.54, 1.807) is 6.07 Å². The average Bonchev–Trinajstić information content (AvgIpc) is 3.07. The molecule has 1 aromatic heterocycles. The largest absolute Gasteiger partial charge is 0.507 e. The quantitative estimate of drug-likeness (QED) is 0.165. The molecule has 1 heterocycles. The summed E-state index contributed by atoms with van der Waals surface area (Å²) in [6, 6.07) is 37.3. The van der Waals surface area contributed by atoms with Crippen LogP contribution in [-0.2, 0) is 0 Å². The lowest BCUT2D eigenvalue weighted by atomic mass is 9.91. The maximum atomic E-state index is 11.2. The highest BCUT2D eigenvalue weighted by atomic mass is 16.5. The lowest BCUT2D eigenvalue weighted by Gasteiger charge is -2.17. The minimum Gasteiger partial charge on any atom is -0.507 e. The van der Waals surface area contributed by atoms with Crippen molar-refractivity contribution in [2.75, 3.05) is 6.61 Å². The Morgan fingerprint density at radius 3 is 2.14 bits per heavy atom. The number of aromatic hydroxyl groups is 1. The minimum absolute atomic E-state index is 0.107. The molecule has 0 saturated carbocycles. The number of aromatic nitrogens is 2. The van der Waals surface area contributed by atoms with Gasteiger partial charge in [-0.05, 0) is 62.9 Å². The maximum absolute atomic E-state index is 11.2. The Morgan fingerprint density at radius 1 is 0.682 bits per heavy atom. The van der Waals surface area contributed by atoms with E-state index >= 15 is 0 Å². The number of hydrogen-bond acceptors (Lipinski definition) is 4. The summed E-state index contributed by atoms with van der Waals surface area (Å²) in [5.74, 6) is 1.75. The van der Waals surface area contributed by atoms with Crippen molar-refractivity contribution in [3.8, 4) is 45.4 Å². The number of ether oxygens (including phenoxy) is 1. The lowest BCUT2D eigenvalue weighted by molar-refractivity contribution is 0.232. The van der Waals surface area contributed by atoms with E-state index in [0.29, 0.717) is 29.7 Å². The topological polar surface area (TPSA) is 55.2 Å². The zero-order valence-electron chi connectivity index (χ0n) is 25.3. The molecule has 0 aliphatic rings. The molecule has 0 amide bonds. The first-order chi connectivity index (χ1) is 21.6. The number of hydrogen-bond donors (Lipinski definition) is 1. The molecule has 0 aliphatic heterocycles. The van der Waals surface area contributed by atoms with Gasteiger partial charge in [-0.2, -0.15) is 0 Å². The third kappa shape index (κ3) is 5.22. The molecule has 0 spiro atoms. The van der Waals surface area contributed by atoms with Gasteiger partial charge in [-0.25, -0.2) is 9.97 Å². The first-order valence-corrected chi connectivity index (χ1v) is 15.7. The fourth-order valence-electron chi connectivity index (χ4n) is 6.32. The van der Waals surface area contributed by atoms with Crippen molar-refractivity contribution in [2.45, 2.75) is 39.5 Å². The summed E-state index contributed by atoms with van der Waals surface area (Å²) in [5.41, 5.74) is 4.22. The number of unbranched alkanes of at least 4 members (excludes halogenated alkanes) is 1. The van der Waals surface area contributed by atoms with Crippen LogP contribution in [0.3, 0.4) is 0 Å². The van der Waals surface area contributed by atoms with Crippen LogP contribution in [0.15, 0.2) is 109 Å². The van der Waals surface area contributed by atoms with Gasteiger partial charge in [0.1, 0.15) is 11.5 Å². The molecular formula is C40H36N2O2. The number of phenolic OH excluding ortho intramolecular Hbond substituents is 1. The second-order valence-electron chi connectivity index (χ2n) is 11.7. The third-order valence-electron chi connectivity index (χ3n) is 8.84. The molecule has 0 aliphatic carbocycles. The number of nitrogens with zero attached hydrogens (tertiary/aromatic N) is 2. The van der Waals surface area contributed by atoms with Crippen molar-refractivity contribution < 1.29 is 9.84 Å². The molecule has 0 radical (unpaired) electrons. The van der Waals surface area contributed by atoms with Crippen molar-refractivity contribution in [3.05, 3.63) is 109 Å². The van der Waals surface area contributed by atoms with Gasteiger partial charge in [-0.15, -0.1) is 0 Å². The molecule has 218 valence electrons. The van der Waals surface area contributed by atoms with Crippen molar-refractivity contribution in [1.29, 1.82) is 0 Å². The molecule has 7 aromatic rings. The summed E-state index contributed by atoms with van der Waals surface area (Å²) in [5, 5.41) is 18.6. The predicted octanol–water partition coefficient (Wildman–Crippen LogP) is 10.7. The molecule has 1 N–H and O–H groups in total. The molecule has 0 saturated heterocycles. The van der Waals surface area contributed by atoms with Crippen LogP contribution in [0.5, 0.6) is 11.5 Å². The Kier molecular flexibility index (Phi) is 7.57. The molecule has 6 aromatic carbocycles. The predicted molar refractivity (Wildman–Crippen MR) is 183 cm³/mol. The van der Waals surface area contributed by atoms with Crippen LogP contribution in [0.2, 0.25) is 0 Å². The van der Waals surface area contributed by atoms with Gasteiger partial charge in [0.25, 0.3) is 0 Å². The fourth-order valence-corrected chi connectivity index (χ4v) is 6.32. The summed E-state index contributed by atoms with van der Waals surface area (Å²) < 4.78 is 6.12. The fraction of sp³-hybridized carbons (Fsp3) is 0.200. The molecule has 7 rings (SSSR count). The molecule has 0 bridgehead atoms.